The van der Waals surface area contributed by atoms with Gasteiger partial charge in [0.1, 0.15) is 30.0 Å². The molecule has 2 atom stereocenters. The Balaban J connectivity index is 2.00. The lowest BCUT2D eigenvalue weighted by Crippen LogP contribution is -2.55. The van der Waals surface area contributed by atoms with Crippen molar-refractivity contribution >= 4 is 29.7 Å². The minimum atomic E-state index is -1.08. The third-order valence-corrected chi connectivity index (χ3v) is 5.21. The van der Waals surface area contributed by atoms with Gasteiger partial charge in [-0.3, -0.25) is 19.2 Å². The second-order valence-electron chi connectivity index (χ2n) is 9.78. The van der Waals surface area contributed by atoms with E-state index >= 15 is 0 Å². The van der Waals surface area contributed by atoms with E-state index in [-0.39, 0.29) is 18.6 Å². The summed E-state index contributed by atoms with van der Waals surface area (Å²) in [6.07, 6.45) is -0.594. The van der Waals surface area contributed by atoms with Crippen LogP contribution in [0.3, 0.4) is 0 Å². The molecule has 0 aliphatic heterocycles. The van der Waals surface area contributed by atoms with Gasteiger partial charge in [0.15, 0.2) is 0 Å². The van der Waals surface area contributed by atoms with E-state index in [1.807, 2.05) is 0 Å². The number of carbonyl (C=O) groups is 5. The molecule has 210 valence electrons. The van der Waals surface area contributed by atoms with Crippen molar-refractivity contribution in [1.29, 1.82) is 0 Å². The lowest BCUT2D eigenvalue weighted by atomic mass is 10.0. The number of hydrogen-bond acceptors (Lipinski definition) is 7. The van der Waals surface area contributed by atoms with E-state index < -0.39 is 60.5 Å². The van der Waals surface area contributed by atoms with E-state index in [1.54, 1.807) is 63.2 Å². The van der Waals surface area contributed by atoms with Crippen LogP contribution < -0.4 is 27.0 Å². The lowest BCUT2D eigenvalue weighted by molar-refractivity contribution is -0.131. The Labute approximate surface area is 226 Å². The predicted octanol–water partition coefficient (Wildman–Crippen LogP) is 0.273. The molecule has 0 saturated carbocycles. The van der Waals surface area contributed by atoms with Gasteiger partial charge < -0.3 is 36.8 Å². The molecule has 0 aliphatic carbocycles. The molecule has 0 heterocycles. The Morgan fingerprint density at radius 3 is 1.95 bits per heavy atom. The number of primary amides is 1. The van der Waals surface area contributed by atoms with Crippen molar-refractivity contribution in [3.8, 4) is 5.75 Å². The zero-order valence-electron chi connectivity index (χ0n) is 22.2. The number of nitrogens with one attached hydrogen (secondary N) is 4. The molecule has 5 amide bonds. The number of nitrogens with two attached hydrogens (primary N) is 1. The molecule has 0 bridgehead atoms. The number of phenols is 1. The Morgan fingerprint density at radius 2 is 1.36 bits per heavy atom. The first kappa shape index (κ1) is 30.6. The van der Waals surface area contributed by atoms with Gasteiger partial charge in [-0.2, -0.15) is 0 Å². The van der Waals surface area contributed by atoms with Crippen molar-refractivity contribution < 1.29 is 33.8 Å². The first-order valence-electron chi connectivity index (χ1n) is 12.3. The molecule has 12 nitrogen and oxygen atoms in total. The van der Waals surface area contributed by atoms with Gasteiger partial charge in [-0.25, -0.2) is 4.79 Å². The maximum atomic E-state index is 13.1. The molecule has 2 aromatic rings. The van der Waals surface area contributed by atoms with Crippen LogP contribution in [0.5, 0.6) is 5.75 Å². The highest BCUT2D eigenvalue weighted by atomic mass is 16.6. The van der Waals surface area contributed by atoms with Crippen molar-refractivity contribution in [2.24, 2.45) is 5.73 Å². The zero-order chi connectivity index (χ0) is 29.0. The van der Waals surface area contributed by atoms with Gasteiger partial charge in [-0.1, -0.05) is 42.5 Å². The van der Waals surface area contributed by atoms with Crippen LogP contribution in [0.1, 0.15) is 31.9 Å². The number of carbonyl (C=O) groups excluding carboxylic acids is 5. The highest BCUT2D eigenvalue weighted by Crippen LogP contribution is 2.12. The molecule has 2 rings (SSSR count). The number of benzene rings is 2. The Morgan fingerprint density at radius 1 is 0.795 bits per heavy atom. The van der Waals surface area contributed by atoms with Gasteiger partial charge in [0.05, 0.1) is 6.54 Å². The van der Waals surface area contributed by atoms with Gasteiger partial charge in [0.25, 0.3) is 0 Å². The normalized spacial score (nSPS) is 12.4. The highest BCUT2D eigenvalue weighted by molar-refractivity contribution is 5.93. The van der Waals surface area contributed by atoms with Crippen LogP contribution in [0.25, 0.3) is 0 Å². The van der Waals surface area contributed by atoms with E-state index in [4.69, 9.17) is 10.5 Å². The molecule has 0 spiro atoms. The smallest absolute Gasteiger partial charge is 0.408 e. The number of aromatic hydroxyl groups is 1. The molecule has 0 aromatic heterocycles. The lowest BCUT2D eigenvalue weighted by Gasteiger charge is -2.22. The molecule has 0 saturated heterocycles. The molecule has 7 N–H and O–H groups in total. The molecular weight excluding hydrogens is 506 g/mol. The molecule has 0 radical (unpaired) electrons. The number of amides is 5. The third-order valence-electron chi connectivity index (χ3n) is 5.21. The Bertz CT molecular complexity index is 1150. The standard InChI is InChI=1S/C27H35N5O7/c1-27(2,3)39-26(38)30-15-22(34)29-16-23(35)31-21(14-17-7-5-4-6-8-17)25(37)32-20(24(28)36)13-18-9-11-19(33)12-10-18/h4-12,20-21,33H,13-16H2,1-3H3,(H2,28,36)(H,29,34)(H,30,38)(H,31,35)(H,32,37)/t20-,21-/m1/s1. The summed E-state index contributed by atoms with van der Waals surface area (Å²) in [5, 5.41) is 19.3. The summed E-state index contributed by atoms with van der Waals surface area (Å²) in [6, 6.07) is 12.9. The summed E-state index contributed by atoms with van der Waals surface area (Å²) in [6.45, 7) is 4.17. The van der Waals surface area contributed by atoms with E-state index in [2.05, 4.69) is 21.3 Å². The topological polar surface area (TPSA) is 189 Å². The fourth-order valence-electron chi connectivity index (χ4n) is 3.38. The first-order chi connectivity index (χ1) is 18.3. The number of alkyl carbamates (subject to hydrolysis) is 1. The van der Waals surface area contributed by atoms with E-state index in [9.17, 15) is 29.1 Å². The Hall–Kier alpha value is -4.61. The summed E-state index contributed by atoms with van der Waals surface area (Å²) >= 11 is 0. The van der Waals surface area contributed by atoms with Crippen LogP contribution in [0.15, 0.2) is 54.6 Å². The molecule has 0 aliphatic rings. The van der Waals surface area contributed by atoms with Gasteiger partial charge in [-0.15, -0.1) is 0 Å². The molecule has 0 fully saturated rings. The van der Waals surface area contributed by atoms with Crippen LogP contribution >= 0.6 is 0 Å². The van der Waals surface area contributed by atoms with E-state index in [0.29, 0.717) is 5.56 Å². The fourth-order valence-corrected chi connectivity index (χ4v) is 3.38. The van der Waals surface area contributed by atoms with E-state index in [0.717, 1.165) is 5.56 Å². The van der Waals surface area contributed by atoms with Gasteiger partial charge >= 0.3 is 6.09 Å². The monoisotopic (exact) mass is 541 g/mol. The van der Waals surface area contributed by atoms with Crippen LogP contribution in [-0.2, 0) is 36.8 Å². The zero-order valence-corrected chi connectivity index (χ0v) is 22.2. The summed E-state index contributed by atoms with van der Waals surface area (Å²) in [5.41, 5.74) is 6.18. The van der Waals surface area contributed by atoms with Gasteiger partial charge in [-0.05, 0) is 44.0 Å². The maximum Gasteiger partial charge on any atom is 0.408 e. The summed E-state index contributed by atoms with van der Waals surface area (Å²) < 4.78 is 5.04. The van der Waals surface area contributed by atoms with Crippen LogP contribution in [0.4, 0.5) is 4.79 Å². The Kier molecular flexibility index (Phi) is 11.3. The van der Waals surface area contributed by atoms with Crippen LogP contribution in [-0.4, -0.2) is 65.6 Å². The third kappa shape index (κ3) is 12.0. The molecular formula is C27H35N5O7. The summed E-state index contributed by atoms with van der Waals surface area (Å²) in [4.78, 5) is 61.5. The van der Waals surface area contributed by atoms with Crippen molar-refractivity contribution in [2.75, 3.05) is 13.1 Å². The SMILES string of the molecule is CC(C)(C)OC(=O)NCC(=O)NCC(=O)N[C@H](Cc1ccccc1)C(=O)N[C@H](Cc1ccc(O)cc1)C(N)=O. The minimum absolute atomic E-state index is 0.0526. The van der Waals surface area contributed by atoms with Crippen molar-refractivity contribution in [1.82, 2.24) is 21.3 Å². The first-order valence-corrected chi connectivity index (χ1v) is 12.3. The average molecular weight is 542 g/mol. The number of ether oxygens (including phenoxy) is 1. The van der Waals surface area contributed by atoms with Crippen molar-refractivity contribution in [3.63, 3.8) is 0 Å². The van der Waals surface area contributed by atoms with Crippen LogP contribution in [0, 0.1) is 0 Å². The van der Waals surface area contributed by atoms with Crippen LogP contribution in [0.2, 0.25) is 0 Å². The second-order valence-corrected chi connectivity index (χ2v) is 9.78. The second kappa shape index (κ2) is 14.4. The quantitative estimate of drug-likeness (QED) is 0.222. The van der Waals surface area contributed by atoms with Gasteiger partial charge in [0.2, 0.25) is 23.6 Å². The minimum Gasteiger partial charge on any atom is -0.508 e. The number of hydrogen-bond donors (Lipinski definition) is 6. The average Bonchev–Trinajstić information content (AvgIpc) is 2.86. The molecule has 39 heavy (non-hydrogen) atoms. The molecule has 12 heteroatoms. The van der Waals surface area contributed by atoms with Crippen molar-refractivity contribution in [2.45, 2.75) is 51.3 Å². The summed E-state index contributed by atoms with van der Waals surface area (Å²) in [7, 11) is 0. The maximum absolute atomic E-state index is 13.1. The number of phenolic OH excluding ortho intramolecular Hbond substituents is 1. The highest BCUT2D eigenvalue weighted by Gasteiger charge is 2.26. The summed E-state index contributed by atoms with van der Waals surface area (Å²) in [5.74, 6) is -2.66. The molecule has 0 unspecified atom stereocenters. The van der Waals surface area contributed by atoms with E-state index in [1.165, 1.54) is 12.1 Å². The molecule has 2 aromatic carbocycles. The van der Waals surface area contributed by atoms with Crippen molar-refractivity contribution in [3.05, 3.63) is 65.7 Å². The largest absolute Gasteiger partial charge is 0.508 e. The number of rotatable bonds is 12. The van der Waals surface area contributed by atoms with Gasteiger partial charge in [0, 0.05) is 12.8 Å². The fraction of sp³-hybridized carbons (Fsp3) is 0.370. The predicted molar refractivity (Wildman–Crippen MR) is 142 cm³/mol.